The SMILES string of the molecule is Cc1ccc2c(c1)n(CC1CCCCC1)c(=O)n2C(N)=O. The molecule has 5 nitrogen and oxygen atoms in total. The monoisotopic (exact) mass is 287 g/mol. The number of carbonyl (C=O) groups excluding carboxylic acids is 1. The maximum atomic E-state index is 12.5. The lowest BCUT2D eigenvalue weighted by atomic mass is 9.89. The van der Waals surface area contributed by atoms with Crippen molar-refractivity contribution in [2.45, 2.75) is 45.6 Å². The molecule has 0 unspecified atom stereocenters. The summed E-state index contributed by atoms with van der Waals surface area (Å²) in [7, 11) is 0. The predicted octanol–water partition coefficient (Wildman–Crippen LogP) is 2.62. The molecule has 1 heterocycles. The van der Waals surface area contributed by atoms with Crippen molar-refractivity contribution in [2.75, 3.05) is 0 Å². The molecule has 0 saturated heterocycles. The first-order valence-electron chi connectivity index (χ1n) is 7.59. The summed E-state index contributed by atoms with van der Waals surface area (Å²) in [6, 6.07) is 4.94. The van der Waals surface area contributed by atoms with Crippen molar-refractivity contribution in [1.82, 2.24) is 9.13 Å². The van der Waals surface area contributed by atoms with Gasteiger partial charge in [-0.05, 0) is 43.4 Å². The number of imidazole rings is 1. The predicted molar refractivity (Wildman–Crippen MR) is 82.5 cm³/mol. The van der Waals surface area contributed by atoms with E-state index in [1.807, 2.05) is 19.1 Å². The zero-order valence-corrected chi connectivity index (χ0v) is 12.3. The number of carbonyl (C=O) groups is 1. The average molecular weight is 287 g/mol. The minimum atomic E-state index is -0.712. The molecule has 1 aliphatic carbocycles. The maximum absolute atomic E-state index is 12.5. The van der Waals surface area contributed by atoms with Crippen LogP contribution in [-0.4, -0.2) is 15.2 Å². The van der Waals surface area contributed by atoms with E-state index in [-0.39, 0.29) is 5.69 Å². The molecule has 1 aromatic carbocycles. The highest BCUT2D eigenvalue weighted by molar-refractivity contribution is 5.88. The van der Waals surface area contributed by atoms with Crippen molar-refractivity contribution in [1.29, 1.82) is 0 Å². The van der Waals surface area contributed by atoms with Crippen LogP contribution in [0.1, 0.15) is 37.7 Å². The summed E-state index contributed by atoms with van der Waals surface area (Å²) in [6.07, 6.45) is 6.05. The molecule has 0 radical (unpaired) electrons. The van der Waals surface area contributed by atoms with Gasteiger partial charge in [-0.3, -0.25) is 4.57 Å². The Labute approximate surface area is 123 Å². The van der Waals surface area contributed by atoms with Gasteiger partial charge in [0, 0.05) is 6.54 Å². The number of amides is 1. The van der Waals surface area contributed by atoms with Gasteiger partial charge >= 0.3 is 11.7 Å². The number of hydrogen-bond donors (Lipinski definition) is 1. The zero-order chi connectivity index (χ0) is 15.0. The Morgan fingerprint density at radius 3 is 2.62 bits per heavy atom. The summed E-state index contributed by atoms with van der Waals surface area (Å²) < 4.78 is 2.81. The van der Waals surface area contributed by atoms with Crippen molar-refractivity contribution >= 4 is 17.1 Å². The molecule has 21 heavy (non-hydrogen) atoms. The first-order chi connectivity index (χ1) is 10.1. The molecule has 1 aromatic heterocycles. The number of nitrogens with zero attached hydrogens (tertiary/aromatic N) is 2. The number of benzene rings is 1. The Balaban J connectivity index is 2.11. The second-order valence-corrected chi connectivity index (χ2v) is 6.06. The number of fused-ring (bicyclic) bond motifs is 1. The van der Waals surface area contributed by atoms with Gasteiger partial charge in [0.2, 0.25) is 0 Å². The number of aromatic nitrogens is 2. The fourth-order valence-corrected chi connectivity index (χ4v) is 3.38. The van der Waals surface area contributed by atoms with Crippen molar-refractivity contribution in [3.63, 3.8) is 0 Å². The summed E-state index contributed by atoms with van der Waals surface area (Å²) >= 11 is 0. The third kappa shape index (κ3) is 2.48. The van der Waals surface area contributed by atoms with E-state index >= 15 is 0 Å². The van der Waals surface area contributed by atoms with Crippen molar-refractivity contribution in [3.8, 4) is 0 Å². The van der Waals surface area contributed by atoms with Crippen molar-refractivity contribution in [3.05, 3.63) is 34.2 Å². The smallest absolute Gasteiger partial charge is 0.337 e. The molecule has 2 N–H and O–H groups in total. The van der Waals surface area contributed by atoms with E-state index in [4.69, 9.17) is 5.73 Å². The van der Waals surface area contributed by atoms with Gasteiger partial charge in [-0.1, -0.05) is 25.3 Å². The quantitative estimate of drug-likeness (QED) is 0.922. The molecule has 1 aliphatic rings. The number of rotatable bonds is 2. The van der Waals surface area contributed by atoms with Gasteiger partial charge in [0.1, 0.15) is 0 Å². The first kappa shape index (κ1) is 13.9. The molecule has 5 heteroatoms. The van der Waals surface area contributed by atoms with Gasteiger partial charge in [0.25, 0.3) is 0 Å². The van der Waals surface area contributed by atoms with Crippen LogP contribution < -0.4 is 11.4 Å². The standard InChI is InChI=1S/C16H21N3O2/c1-11-7-8-13-14(9-11)18(16(21)19(13)15(17)20)10-12-5-3-2-4-6-12/h7-9,12H,2-6,10H2,1H3,(H2,17,20). The number of nitrogens with two attached hydrogens (primary N) is 1. The Morgan fingerprint density at radius 2 is 1.95 bits per heavy atom. The molecule has 1 fully saturated rings. The molecule has 0 aliphatic heterocycles. The van der Waals surface area contributed by atoms with Gasteiger partial charge in [0.15, 0.2) is 0 Å². The summed E-state index contributed by atoms with van der Waals surface area (Å²) in [4.78, 5) is 24.1. The molecule has 2 aromatic rings. The van der Waals surface area contributed by atoms with E-state index in [0.29, 0.717) is 18.0 Å². The summed E-state index contributed by atoms with van der Waals surface area (Å²) in [5.41, 5.74) is 7.55. The van der Waals surface area contributed by atoms with Crippen molar-refractivity contribution < 1.29 is 4.79 Å². The number of hydrogen-bond acceptors (Lipinski definition) is 2. The maximum Gasteiger partial charge on any atom is 0.337 e. The van der Waals surface area contributed by atoms with Crippen LogP contribution in [0.3, 0.4) is 0 Å². The second kappa shape index (κ2) is 5.39. The highest BCUT2D eigenvalue weighted by Crippen LogP contribution is 2.26. The first-order valence-corrected chi connectivity index (χ1v) is 7.59. The minimum absolute atomic E-state index is 0.311. The topological polar surface area (TPSA) is 70.0 Å². The van der Waals surface area contributed by atoms with Gasteiger partial charge in [-0.2, -0.15) is 0 Å². The Hall–Kier alpha value is -2.04. The Morgan fingerprint density at radius 1 is 1.24 bits per heavy atom. The van der Waals surface area contributed by atoms with E-state index < -0.39 is 6.03 Å². The molecule has 112 valence electrons. The molecular weight excluding hydrogens is 266 g/mol. The summed E-state index contributed by atoms with van der Waals surface area (Å²) in [5.74, 6) is 0.517. The normalized spacial score (nSPS) is 16.4. The fraction of sp³-hybridized carbons (Fsp3) is 0.500. The molecule has 3 rings (SSSR count). The second-order valence-electron chi connectivity index (χ2n) is 6.06. The highest BCUT2D eigenvalue weighted by atomic mass is 16.2. The van der Waals surface area contributed by atoms with Gasteiger partial charge in [-0.25, -0.2) is 14.2 Å². The average Bonchev–Trinajstić information content (AvgIpc) is 2.73. The summed E-state index contributed by atoms with van der Waals surface area (Å²) in [5, 5.41) is 0. The van der Waals surface area contributed by atoms with Crippen LogP contribution in [0.25, 0.3) is 11.0 Å². The van der Waals surface area contributed by atoms with Gasteiger partial charge < -0.3 is 5.73 Å². The Bertz CT molecular complexity index is 736. The van der Waals surface area contributed by atoms with E-state index in [0.717, 1.165) is 28.5 Å². The van der Waals surface area contributed by atoms with Crippen LogP contribution in [0.4, 0.5) is 4.79 Å². The largest absolute Gasteiger partial charge is 0.351 e. The van der Waals surface area contributed by atoms with E-state index in [2.05, 4.69) is 0 Å². The number of primary amides is 1. The third-order valence-electron chi connectivity index (χ3n) is 4.47. The van der Waals surface area contributed by atoms with Gasteiger partial charge in [-0.15, -0.1) is 0 Å². The molecule has 0 spiro atoms. The zero-order valence-electron chi connectivity index (χ0n) is 12.3. The van der Waals surface area contributed by atoms with Crippen molar-refractivity contribution in [2.24, 2.45) is 11.7 Å². The highest BCUT2D eigenvalue weighted by Gasteiger charge is 2.20. The van der Waals surface area contributed by atoms with E-state index in [1.165, 1.54) is 19.3 Å². The minimum Gasteiger partial charge on any atom is -0.351 e. The van der Waals surface area contributed by atoms with Crippen LogP contribution in [-0.2, 0) is 6.54 Å². The van der Waals surface area contributed by atoms with Crippen LogP contribution >= 0.6 is 0 Å². The van der Waals surface area contributed by atoms with Crippen LogP contribution in [0.2, 0.25) is 0 Å². The van der Waals surface area contributed by atoms with Gasteiger partial charge in [0.05, 0.1) is 11.0 Å². The molecule has 0 bridgehead atoms. The van der Waals surface area contributed by atoms with Crippen LogP contribution in [0, 0.1) is 12.8 Å². The molecular formula is C16H21N3O2. The molecule has 1 saturated carbocycles. The van der Waals surface area contributed by atoms with Crippen LogP contribution in [0.5, 0.6) is 0 Å². The van der Waals surface area contributed by atoms with Crippen LogP contribution in [0.15, 0.2) is 23.0 Å². The van der Waals surface area contributed by atoms with E-state index in [1.54, 1.807) is 10.6 Å². The molecule has 1 amide bonds. The third-order valence-corrected chi connectivity index (χ3v) is 4.47. The Kier molecular flexibility index (Phi) is 3.57. The lowest BCUT2D eigenvalue weighted by Gasteiger charge is -2.21. The lowest BCUT2D eigenvalue weighted by Crippen LogP contribution is -2.34. The number of aryl methyl sites for hydroxylation is 1. The molecule has 0 atom stereocenters. The lowest BCUT2D eigenvalue weighted by molar-refractivity contribution is 0.249. The fourth-order valence-electron chi connectivity index (χ4n) is 3.38. The summed E-state index contributed by atoms with van der Waals surface area (Å²) in [6.45, 7) is 2.66. The van der Waals surface area contributed by atoms with E-state index in [9.17, 15) is 9.59 Å².